The lowest BCUT2D eigenvalue weighted by Gasteiger charge is -2.09. The Labute approximate surface area is 111 Å². The van der Waals surface area contributed by atoms with E-state index in [1.54, 1.807) is 0 Å². The molecule has 2 rings (SSSR count). The minimum absolute atomic E-state index is 0.0824. The van der Waals surface area contributed by atoms with E-state index in [0.717, 1.165) is 16.7 Å². The predicted octanol–water partition coefficient (Wildman–Crippen LogP) is 2.60. The fourth-order valence-electron chi connectivity index (χ4n) is 1.96. The molecule has 0 bridgehead atoms. The number of rotatable bonds is 2. The van der Waals surface area contributed by atoms with Crippen molar-refractivity contribution in [2.45, 2.75) is 20.8 Å². The molecule has 0 amide bonds. The third-order valence-corrected chi connectivity index (χ3v) is 3.01. The topological polar surface area (TPSA) is 63.6 Å². The average molecular weight is 258 g/mol. The lowest BCUT2D eigenvalue weighted by atomic mass is 10.0. The van der Waals surface area contributed by atoms with Gasteiger partial charge in [0, 0.05) is 11.6 Å². The molecule has 0 aromatic heterocycles. The molecule has 1 aromatic rings. The highest BCUT2D eigenvalue weighted by Gasteiger charge is 2.27. The van der Waals surface area contributed by atoms with Crippen LogP contribution in [0.5, 0.6) is 0 Å². The SMILES string of the molecule is CC(C(=O)O)=C1OC(c2ccc(C)cc2C)=CC1=O. The quantitative estimate of drug-likeness (QED) is 0.828. The fourth-order valence-corrected chi connectivity index (χ4v) is 1.96. The van der Waals surface area contributed by atoms with Gasteiger partial charge in [0.25, 0.3) is 0 Å². The monoisotopic (exact) mass is 258 g/mol. The van der Waals surface area contributed by atoms with Gasteiger partial charge in [-0.1, -0.05) is 23.8 Å². The number of aliphatic carboxylic acids is 1. The predicted molar refractivity (Wildman–Crippen MR) is 70.3 cm³/mol. The molecule has 0 radical (unpaired) electrons. The Kier molecular flexibility index (Phi) is 3.25. The molecule has 98 valence electrons. The number of ketones is 1. The molecule has 1 aliphatic heterocycles. The van der Waals surface area contributed by atoms with E-state index < -0.39 is 11.8 Å². The minimum atomic E-state index is -1.15. The number of hydrogen-bond donors (Lipinski definition) is 1. The van der Waals surface area contributed by atoms with Crippen LogP contribution in [0, 0.1) is 13.8 Å². The van der Waals surface area contributed by atoms with Gasteiger partial charge in [-0.3, -0.25) is 4.79 Å². The molecule has 4 nitrogen and oxygen atoms in total. The zero-order valence-electron chi connectivity index (χ0n) is 11.0. The van der Waals surface area contributed by atoms with Gasteiger partial charge in [0.2, 0.25) is 5.78 Å². The van der Waals surface area contributed by atoms with Crippen LogP contribution in [0.15, 0.2) is 35.6 Å². The molecule has 19 heavy (non-hydrogen) atoms. The van der Waals surface area contributed by atoms with Crippen molar-refractivity contribution in [1.82, 2.24) is 0 Å². The first kappa shape index (κ1) is 13.1. The largest absolute Gasteiger partial charge is 0.478 e. The number of hydrogen-bond acceptors (Lipinski definition) is 3. The number of carboxylic acid groups (broad SMARTS) is 1. The molecule has 4 heteroatoms. The number of carbonyl (C=O) groups is 2. The van der Waals surface area contributed by atoms with Gasteiger partial charge in [-0.15, -0.1) is 0 Å². The molecule has 0 unspecified atom stereocenters. The maximum absolute atomic E-state index is 11.8. The summed E-state index contributed by atoms with van der Waals surface area (Å²) in [5.74, 6) is -1.27. The average Bonchev–Trinajstić information content (AvgIpc) is 2.69. The highest BCUT2D eigenvalue weighted by molar-refractivity contribution is 6.13. The number of ether oxygens (including phenoxy) is 1. The van der Waals surface area contributed by atoms with Crippen molar-refractivity contribution in [2.75, 3.05) is 0 Å². The number of benzene rings is 1. The van der Waals surface area contributed by atoms with Crippen molar-refractivity contribution in [2.24, 2.45) is 0 Å². The normalized spacial score (nSPS) is 17.0. The molecular formula is C15H14O4. The van der Waals surface area contributed by atoms with Gasteiger partial charge in [0.1, 0.15) is 5.76 Å². The van der Waals surface area contributed by atoms with Gasteiger partial charge >= 0.3 is 5.97 Å². The van der Waals surface area contributed by atoms with Crippen molar-refractivity contribution < 1.29 is 19.4 Å². The highest BCUT2D eigenvalue weighted by Crippen LogP contribution is 2.30. The summed E-state index contributed by atoms with van der Waals surface area (Å²) in [4.78, 5) is 22.6. The number of allylic oxidation sites excluding steroid dienone is 1. The van der Waals surface area contributed by atoms with Gasteiger partial charge in [0.15, 0.2) is 5.76 Å². The minimum Gasteiger partial charge on any atom is -0.478 e. The summed E-state index contributed by atoms with van der Waals surface area (Å²) < 4.78 is 5.41. The van der Waals surface area contributed by atoms with E-state index in [0.29, 0.717) is 5.76 Å². The Bertz CT molecular complexity index is 636. The summed E-state index contributed by atoms with van der Waals surface area (Å²) >= 11 is 0. The number of aryl methyl sites for hydroxylation is 2. The lowest BCUT2D eigenvalue weighted by Crippen LogP contribution is -2.06. The van der Waals surface area contributed by atoms with E-state index in [1.807, 2.05) is 32.0 Å². The Hall–Kier alpha value is -2.36. The van der Waals surface area contributed by atoms with Gasteiger partial charge in [-0.05, 0) is 26.3 Å². The van der Waals surface area contributed by atoms with Crippen molar-refractivity contribution in [3.8, 4) is 0 Å². The van der Waals surface area contributed by atoms with Crippen LogP contribution in [0.1, 0.15) is 23.6 Å². The molecular weight excluding hydrogens is 244 g/mol. The van der Waals surface area contributed by atoms with Crippen molar-refractivity contribution in [3.63, 3.8) is 0 Å². The fraction of sp³-hybridized carbons (Fsp3) is 0.200. The molecule has 1 N–H and O–H groups in total. The van der Waals surface area contributed by atoms with Crippen LogP contribution in [0.2, 0.25) is 0 Å². The Morgan fingerprint density at radius 3 is 2.53 bits per heavy atom. The molecule has 0 atom stereocenters. The van der Waals surface area contributed by atoms with Crippen LogP contribution in [-0.2, 0) is 14.3 Å². The Morgan fingerprint density at radius 1 is 1.26 bits per heavy atom. The van der Waals surface area contributed by atoms with Crippen LogP contribution in [0.3, 0.4) is 0 Å². The summed E-state index contributed by atoms with van der Waals surface area (Å²) in [6.07, 6.45) is 1.33. The Balaban J connectivity index is 2.41. The van der Waals surface area contributed by atoms with E-state index in [2.05, 4.69) is 0 Å². The molecule has 1 aliphatic rings. The smallest absolute Gasteiger partial charge is 0.335 e. The lowest BCUT2D eigenvalue weighted by molar-refractivity contribution is -0.133. The second-order valence-electron chi connectivity index (χ2n) is 4.55. The first-order valence-corrected chi connectivity index (χ1v) is 5.86. The van der Waals surface area contributed by atoms with Gasteiger partial charge in [-0.25, -0.2) is 4.79 Å². The zero-order chi connectivity index (χ0) is 14.2. The molecule has 1 aromatic carbocycles. The van der Waals surface area contributed by atoms with Crippen LogP contribution in [-0.4, -0.2) is 16.9 Å². The van der Waals surface area contributed by atoms with E-state index in [-0.39, 0.29) is 11.3 Å². The van der Waals surface area contributed by atoms with E-state index in [9.17, 15) is 9.59 Å². The molecule has 0 saturated heterocycles. The second-order valence-corrected chi connectivity index (χ2v) is 4.55. The molecule has 1 heterocycles. The van der Waals surface area contributed by atoms with E-state index in [1.165, 1.54) is 13.0 Å². The van der Waals surface area contributed by atoms with Gasteiger partial charge < -0.3 is 9.84 Å². The van der Waals surface area contributed by atoms with Crippen molar-refractivity contribution in [1.29, 1.82) is 0 Å². The van der Waals surface area contributed by atoms with Crippen LogP contribution in [0.25, 0.3) is 5.76 Å². The first-order chi connectivity index (χ1) is 8.90. The summed E-state index contributed by atoms with van der Waals surface area (Å²) in [7, 11) is 0. The summed E-state index contributed by atoms with van der Waals surface area (Å²) in [5.41, 5.74) is 2.81. The van der Waals surface area contributed by atoms with Crippen LogP contribution >= 0.6 is 0 Å². The molecule has 0 saturated carbocycles. The molecule has 0 fully saturated rings. The van der Waals surface area contributed by atoms with Gasteiger partial charge in [-0.2, -0.15) is 0 Å². The second kappa shape index (κ2) is 4.72. The first-order valence-electron chi connectivity index (χ1n) is 5.86. The summed E-state index contributed by atoms with van der Waals surface area (Å²) in [6, 6.07) is 5.77. The zero-order valence-corrected chi connectivity index (χ0v) is 11.0. The highest BCUT2D eigenvalue weighted by atomic mass is 16.5. The van der Waals surface area contributed by atoms with Crippen molar-refractivity contribution in [3.05, 3.63) is 52.3 Å². The summed E-state index contributed by atoms with van der Waals surface area (Å²) in [5, 5.41) is 8.89. The van der Waals surface area contributed by atoms with E-state index in [4.69, 9.17) is 9.84 Å². The summed E-state index contributed by atoms with van der Waals surface area (Å²) in [6.45, 7) is 5.25. The van der Waals surface area contributed by atoms with Gasteiger partial charge in [0.05, 0.1) is 5.57 Å². The maximum Gasteiger partial charge on any atom is 0.335 e. The third-order valence-electron chi connectivity index (χ3n) is 3.01. The maximum atomic E-state index is 11.8. The third kappa shape index (κ3) is 2.42. The number of carboxylic acids is 1. The van der Waals surface area contributed by atoms with Crippen LogP contribution in [0.4, 0.5) is 0 Å². The molecule has 0 spiro atoms. The Morgan fingerprint density at radius 2 is 1.95 bits per heavy atom. The number of carbonyl (C=O) groups excluding carboxylic acids is 1. The van der Waals surface area contributed by atoms with Crippen LogP contribution < -0.4 is 0 Å². The van der Waals surface area contributed by atoms with Crippen molar-refractivity contribution >= 4 is 17.5 Å². The standard InChI is InChI=1S/C15H14O4/c1-8-4-5-11(9(2)6-8)13-7-12(16)14(19-13)10(3)15(17)18/h4-7H,1-3H3,(H,17,18). The molecule has 0 aliphatic carbocycles. The van der Waals surface area contributed by atoms with E-state index >= 15 is 0 Å².